The highest BCUT2D eigenvalue weighted by atomic mass is 35.5. The molecular formula is C19H16ClN3O. The Kier molecular flexibility index (Phi) is 4.58. The van der Waals surface area contributed by atoms with E-state index in [-0.39, 0.29) is 5.91 Å². The third-order valence-corrected chi connectivity index (χ3v) is 4.10. The Morgan fingerprint density at radius 2 is 1.96 bits per heavy atom. The van der Waals surface area contributed by atoms with Gasteiger partial charge in [-0.2, -0.15) is 5.10 Å². The van der Waals surface area contributed by atoms with Crippen LogP contribution in [0.4, 0.5) is 0 Å². The fourth-order valence-electron chi connectivity index (χ4n) is 2.47. The summed E-state index contributed by atoms with van der Waals surface area (Å²) in [4.78, 5) is 16.9. The summed E-state index contributed by atoms with van der Waals surface area (Å²) in [6, 6.07) is 15.0. The molecule has 0 saturated carbocycles. The van der Waals surface area contributed by atoms with Crippen LogP contribution in [-0.4, -0.2) is 17.1 Å². The Bertz CT molecular complexity index is 950. The topological polar surface area (TPSA) is 54.4 Å². The van der Waals surface area contributed by atoms with Crippen LogP contribution in [0.5, 0.6) is 0 Å². The van der Waals surface area contributed by atoms with Gasteiger partial charge in [0.1, 0.15) is 0 Å². The predicted octanol–water partition coefficient (Wildman–Crippen LogP) is 4.27. The molecule has 24 heavy (non-hydrogen) atoms. The van der Waals surface area contributed by atoms with Gasteiger partial charge >= 0.3 is 0 Å². The average Bonchev–Trinajstić information content (AvgIpc) is 2.57. The molecule has 0 fully saturated rings. The second kappa shape index (κ2) is 6.81. The third-order valence-electron chi connectivity index (χ3n) is 3.76. The van der Waals surface area contributed by atoms with Crippen LogP contribution in [0.25, 0.3) is 10.9 Å². The zero-order valence-electron chi connectivity index (χ0n) is 13.4. The maximum Gasteiger partial charge on any atom is 0.273 e. The number of hydrazone groups is 1. The normalized spacial score (nSPS) is 11.1. The lowest BCUT2D eigenvalue weighted by Crippen LogP contribution is -2.19. The van der Waals surface area contributed by atoms with Gasteiger partial charge in [-0.1, -0.05) is 48.0 Å². The first kappa shape index (κ1) is 16.1. The second-order valence-corrected chi connectivity index (χ2v) is 5.90. The number of carbonyl (C=O) groups excluding carboxylic acids is 1. The minimum Gasteiger partial charge on any atom is -0.267 e. The van der Waals surface area contributed by atoms with Crippen molar-refractivity contribution in [2.75, 3.05) is 0 Å². The van der Waals surface area contributed by atoms with Gasteiger partial charge in [0, 0.05) is 16.0 Å². The molecule has 1 heterocycles. The standard InChI is InChI=1S/C19H16ClN3O/c1-12-6-5-8-14-10-16(13(2)22-18(12)14)19(24)23-21-11-15-7-3-4-9-17(15)20/h3-11H,1-2H3,(H,23,24). The van der Waals surface area contributed by atoms with E-state index in [1.165, 1.54) is 6.21 Å². The number of aryl methyl sites for hydroxylation is 2. The molecule has 0 aliphatic heterocycles. The summed E-state index contributed by atoms with van der Waals surface area (Å²) in [6.07, 6.45) is 1.52. The maximum absolute atomic E-state index is 12.4. The van der Waals surface area contributed by atoms with Crippen LogP contribution in [0.15, 0.2) is 53.6 Å². The molecule has 5 heteroatoms. The summed E-state index contributed by atoms with van der Waals surface area (Å²) >= 11 is 6.05. The van der Waals surface area contributed by atoms with Gasteiger partial charge in [0.2, 0.25) is 0 Å². The number of hydrogen-bond acceptors (Lipinski definition) is 3. The van der Waals surface area contributed by atoms with Crippen LogP contribution < -0.4 is 5.43 Å². The summed E-state index contributed by atoms with van der Waals surface area (Å²) in [5.74, 6) is -0.299. The third kappa shape index (κ3) is 3.29. The van der Waals surface area contributed by atoms with Gasteiger partial charge in [0.25, 0.3) is 5.91 Å². The van der Waals surface area contributed by atoms with E-state index in [4.69, 9.17) is 11.6 Å². The molecule has 3 rings (SSSR count). The molecule has 0 aliphatic carbocycles. The van der Waals surface area contributed by atoms with Crippen molar-refractivity contribution in [3.63, 3.8) is 0 Å². The van der Waals surface area contributed by atoms with Crippen molar-refractivity contribution in [1.29, 1.82) is 0 Å². The Hall–Kier alpha value is -2.72. The van der Waals surface area contributed by atoms with Crippen molar-refractivity contribution in [3.8, 4) is 0 Å². The number of aromatic nitrogens is 1. The fraction of sp³-hybridized carbons (Fsp3) is 0.105. The van der Waals surface area contributed by atoms with Gasteiger partial charge < -0.3 is 0 Å². The summed E-state index contributed by atoms with van der Waals surface area (Å²) < 4.78 is 0. The van der Waals surface area contributed by atoms with E-state index in [1.54, 1.807) is 6.07 Å². The molecule has 0 aliphatic rings. The molecule has 2 aromatic carbocycles. The van der Waals surface area contributed by atoms with Crippen LogP contribution in [0.3, 0.4) is 0 Å². The number of rotatable bonds is 3. The Balaban J connectivity index is 1.84. The van der Waals surface area contributed by atoms with Crippen LogP contribution in [0, 0.1) is 13.8 Å². The first-order chi connectivity index (χ1) is 11.6. The first-order valence-electron chi connectivity index (χ1n) is 7.51. The highest BCUT2D eigenvalue weighted by Crippen LogP contribution is 2.19. The number of fused-ring (bicyclic) bond motifs is 1. The average molecular weight is 338 g/mol. The number of pyridine rings is 1. The molecule has 0 saturated heterocycles. The molecule has 4 nitrogen and oxygen atoms in total. The van der Waals surface area contributed by atoms with Crippen LogP contribution >= 0.6 is 11.6 Å². The van der Waals surface area contributed by atoms with Gasteiger partial charge in [0.05, 0.1) is 23.0 Å². The van der Waals surface area contributed by atoms with E-state index in [9.17, 15) is 4.79 Å². The van der Waals surface area contributed by atoms with Gasteiger partial charge in [-0.05, 0) is 31.5 Å². The Morgan fingerprint density at radius 3 is 2.75 bits per heavy atom. The summed E-state index contributed by atoms with van der Waals surface area (Å²) in [5.41, 5.74) is 6.43. The van der Waals surface area contributed by atoms with E-state index in [2.05, 4.69) is 15.5 Å². The summed E-state index contributed by atoms with van der Waals surface area (Å²) in [6.45, 7) is 3.82. The van der Waals surface area contributed by atoms with Gasteiger partial charge in [0.15, 0.2) is 0 Å². The molecule has 120 valence electrons. The number of amides is 1. The van der Waals surface area contributed by atoms with E-state index in [1.807, 2.05) is 56.3 Å². The lowest BCUT2D eigenvalue weighted by molar-refractivity contribution is 0.0954. The molecule has 0 spiro atoms. The van der Waals surface area contributed by atoms with Gasteiger partial charge in [-0.15, -0.1) is 0 Å². The van der Waals surface area contributed by atoms with Gasteiger partial charge in [-0.25, -0.2) is 5.43 Å². The monoisotopic (exact) mass is 337 g/mol. The quantitative estimate of drug-likeness (QED) is 0.573. The van der Waals surface area contributed by atoms with Crippen molar-refractivity contribution in [2.24, 2.45) is 5.10 Å². The molecule has 0 bridgehead atoms. The second-order valence-electron chi connectivity index (χ2n) is 5.49. The van der Waals surface area contributed by atoms with E-state index in [0.29, 0.717) is 16.3 Å². The molecule has 1 aromatic heterocycles. The summed E-state index contributed by atoms with van der Waals surface area (Å²) in [7, 11) is 0. The number of nitrogens with zero attached hydrogens (tertiary/aromatic N) is 2. The SMILES string of the molecule is Cc1nc2c(C)cccc2cc1C(=O)NN=Cc1ccccc1Cl. The highest BCUT2D eigenvalue weighted by molar-refractivity contribution is 6.33. The zero-order chi connectivity index (χ0) is 17.1. The lowest BCUT2D eigenvalue weighted by atomic mass is 10.1. The van der Waals surface area contributed by atoms with Crippen molar-refractivity contribution in [3.05, 3.63) is 75.9 Å². The minimum atomic E-state index is -0.299. The molecule has 0 unspecified atom stereocenters. The number of para-hydroxylation sites is 1. The smallest absolute Gasteiger partial charge is 0.267 e. The first-order valence-corrected chi connectivity index (χ1v) is 7.89. The van der Waals surface area contributed by atoms with Crippen LogP contribution in [0.1, 0.15) is 27.2 Å². The number of nitrogens with one attached hydrogen (secondary N) is 1. The van der Waals surface area contributed by atoms with Crippen LogP contribution in [-0.2, 0) is 0 Å². The van der Waals surface area contributed by atoms with Crippen molar-refractivity contribution in [2.45, 2.75) is 13.8 Å². The number of hydrogen-bond donors (Lipinski definition) is 1. The number of benzene rings is 2. The zero-order valence-corrected chi connectivity index (χ0v) is 14.1. The molecule has 0 radical (unpaired) electrons. The van der Waals surface area contributed by atoms with Crippen molar-refractivity contribution in [1.82, 2.24) is 10.4 Å². The fourth-order valence-corrected chi connectivity index (χ4v) is 2.65. The van der Waals surface area contributed by atoms with E-state index >= 15 is 0 Å². The minimum absolute atomic E-state index is 0.299. The Labute approximate surface area is 145 Å². The van der Waals surface area contributed by atoms with Crippen LogP contribution in [0.2, 0.25) is 5.02 Å². The predicted molar refractivity (Wildman–Crippen MR) is 97.7 cm³/mol. The summed E-state index contributed by atoms with van der Waals surface area (Å²) in [5, 5.41) is 5.49. The molecule has 0 atom stereocenters. The lowest BCUT2D eigenvalue weighted by Gasteiger charge is -2.07. The molecular weight excluding hydrogens is 322 g/mol. The Morgan fingerprint density at radius 1 is 1.17 bits per heavy atom. The molecule has 3 aromatic rings. The molecule has 1 amide bonds. The highest BCUT2D eigenvalue weighted by Gasteiger charge is 2.11. The van der Waals surface area contributed by atoms with Gasteiger partial charge in [-0.3, -0.25) is 9.78 Å². The molecule has 1 N–H and O–H groups in total. The number of halogens is 1. The maximum atomic E-state index is 12.4. The number of carbonyl (C=O) groups is 1. The van der Waals surface area contributed by atoms with Crippen molar-refractivity contribution < 1.29 is 4.79 Å². The van der Waals surface area contributed by atoms with E-state index < -0.39 is 0 Å². The largest absolute Gasteiger partial charge is 0.273 e. The van der Waals surface area contributed by atoms with E-state index in [0.717, 1.165) is 22.0 Å². The van der Waals surface area contributed by atoms with Crippen molar-refractivity contribution >= 4 is 34.6 Å².